The Bertz CT molecular complexity index is 334. The lowest BCUT2D eigenvalue weighted by atomic mass is 10.2. The molecule has 1 fully saturated rings. The van der Waals surface area contributed by atoms with Crippen molar-refractivity contribution >= 4 is 5.82 Å². The normalized spacial score (nSPS) is 15.4. The molecule has 1 aromatic rings. The molecule has 3 nitrogen and oxygen atoms in total. The van der Waals surface area contributed by atoms with Crippen LogP contribution >= 0.6 is 0 Å². The number of aromatic nitrogens is 1. The minimum atomic E-state index is 0.834. The summed E-state index contributed by atoms with van der Waals surface area (Å²) in [4.78, 5) is 6.84. The third-order valence-corrected chi connectivity index (χ3v) is 3.04. The quantitative estimate of drug-likeness (QED) is 0.796. The molecule has 0 aliphatic heterocycles. The highest BCUT2D eigenvalue weighted by Crippen LogP contribution is 2.28. The van der Waals surface area contributed by atoms with Gasteiger partial charge in [-0.1, -0.05) is 6.92 Å². The molecule has 1 heterocycles. The fourth-order valence-electron chi connectivity index (χ4n) is 2.02. The molecule has 1 saturated carbocycles. The zero-order valence-corrected chi connectivity index (χ0v) is 10.2. The highest BCUT2D eigenvalue weighted by Gasteiger charge is 2.27. The van der Waals surface area contributed by atoms with E-state index in [0.29, 0.717) is 0 Å². The summed E-state index contributed by atoms with van der Waals surface area (Å²) in [5.74, 6) is 0.992. The Morgan fingerprint density at radius 3 is 2.88 bits per heavy atom. The van der Waals surface area contributed by atoms with Crippen LogP contribution in [0.2, 0.25) is 0 Å². The standard InChI is InChI=1S/C13H21N3/c1-3-14-13-9-11(7-8-15-13)10-16(4-2)12-5-6-12/h7-9,12H,3-6,10H2,1-2H3,(H,14,15). The Morgan fingerprint density at radius 1 is 1.44 bits per heavy atom. The van der Waals surface area contributed by atoms with E-state index in [1.165, 1.54) is 18.4 Å². The lowest BCUT2D eigenvalue weighted by Gasteiger charge is -2.19. The van der Waals surface area contributed by atoms with E-state index < -0.39 is 0 Å². The molecule has 1 aromatic heterocycles. The molecule has 1 aliphatic carbocycles. The Kier molecular flexibility index (Phi) is 3.78. The molecule has 1 aliphatic rings. The van der Waals surface area contributed by atoms with Gasteiger partial charge in [-0.15, -0.1) is 0 Å². The number of anilines is 1. The monoisotopic (exact) mass is 219 g/mol. The molecular formula is C13H21N3. The van der Waals surface area contributed by atoms with Gasteiger partial charge in [0.25, 0.3) is 0 Å². The van der Waals surface area contributed by atoms with Crippen molar-refractivity contribution < 1.29 is 0 Å². The predicted molar refractivity (Wildman–Crippen MR) is 67.5 cm³/mol. The van der Waals surface area contributed by atoms with Gasteiger partial charge >= 0.3 is 0 Å². The zero-order valence-electron chi connectivity index (χ0n) is 10.2. The minimum Gasteiger partial charge on any atom is -0.370 e. The fraction of sp³-hybridized carbons (Fsp3) is 0.615. The van der Waals surface area contributed by atoms with Crippen molar-refractivity contribution in [2.24, 2.45) is 0 Å². The van der Waals surface area contributed by atoms with Gasteiger partial charge < -0.3 is 5.32 Å². The molecule has 0 amide bonds. The number of hydrogen-bond acceptors (Lipinski definition) is 3. The summed E-state index contributed by atoms with van der Waals surface area (Å²) in [5.41, 5.74) is 1.36. The van der Waals surface area contributed by atoms with Gasteiger partial charge in [0, 0.05) is 25.3 Å². The molecule has 16 heavy (non-hydrogen) atoms. The van der Waals surface area contributed by atoms with Gasteiger partial charge in [-0.3, -0.25) is 4.90 Å². The third-order valence-electron chi connectivity index (χ3n) is 3.04. The van der Waals surface area contributed by atoms with E-state index in [1.807, 2.05) is 6.20 Å². The SMILES string of the molecule is CCNc1cc(CN(CC)C2CC2)ccn1. The number of rotatable bonds is 6. The van der Waals surface area contributed by atoms with E-state index in [1.54, 1.807) is 0 Å². The molecule has 0 radical (unpaired) electrons. The molecule has 0 saturated heterocycles. The van der Waals surface area contributed by atoms with Gasteiger partial charge in [-0.05, 0) is 44.0 Å². The van der Waals surface area contributed by atoms with Gasteiger partial charge in [-0.25, -0.2) is 4.98 Å². The van der Waals surface area contributed by atoms with Crippen LogP contribution in [0.3, 0.4) is 0 Å². The van der Waals surface area contributed by atoms with E-state index in [4.69, 9.17) is 0 Å². The van der Waals surface area contributed by atoms with Crippen LogP contribution < -0.4 is 5.32 Å². The van der Waals surface area contributed by atoms with Crippen LogP contribution in [0.15, 0.2) is 18.3 Å². The van der Waals surface area contributed by atoms with Crippen LogP contribution in [0, 0.1) is 0 Å². The second-order valence-corrected chi connectivity index (χ2v) is 4.37. The third kappa shape index (κ3) is 2.95. The van der Waals surface area contributed by atoms with Gasteiger partial charge in [0.2, 0.25) is 0 Å². The molecule has 0 spiro atoms. The predicted octanol–water partition coefficient (Wildman–Crippen LogP) is 2.50. The second-order valence-electron chi connectivity index (χ2n) is 4.37. The van der Waals surface area contributed by atoms with E-state index in [-0.39, 0.29) is 0 Å². The van der Waals surface area contributed by atoms with Crippen LogP contribution in [0.25, 0.3) is 0 Å². The van der Waals surface area contributed by atoms with E-state index in [0.717, 1.165) is 31.5 Å². The number of pyridine rings is 1. The van der Waals surface area contributed by atoms with Gasteiger partial charge in [0.1, 0.15) is 5.82 Å². The van der Waals surface area contributed by atoms with Crippen LogP contribution in [-0.4, -0.2) is 29.0 Å². The molecule has 3 heteroatoms. The van der Waals surface area contributed by atoms with Crippen LogP contribution in [0.1, 0.15) is 32.3 Å². The molecule has 2 rings (SSSR count). The van der Waals surface area contributed by atoms with E-state index in [9.17, 15) is 0 Å². The maximum absolute atomic E-state index is 4.29. The highest BCUT2D eigenvalue weighted by molar-refractivity contribution is 5.37. The molecule has 0 bridgehead atoms. The van der Waals surface area contributed by atoms with Crippen molar-refractivity contribution in [2.75, 3.05) is 18.4 Å². The Labute approximate surface area is 97.9 Å². The Morgan fingerprint density at radius 2 is 2.25 bits per heavy atom. The Hall–Kier alpha value is -1.09. The first-order chi connectivity index (χ1) is 7.83. The van der Waals surface area contributed by atoms with Crippen LogP contribution in [0.4, 0.5) is 5.82 Å². The summed E-state index contributed by atoms with van der Waals surface area (Å²) in [6.07, 6.45) is 4.64. The maximum Gasteiger partial charge on any atom is 0.126 e. The summed E-state index contributed by atoms with van der Waals surface area (Å²) < 4.78 is 0. The van der Waals surface area contributed by atoms with Crippen molar-refractivity contribution in [1.82, 2.24) is 9.88 Å². The zero-order chi connectivity index (χ0) is 11.4. The van der Waals surface area contributed by atoms with Crippen molar-refractivity contribution in [2.45, 2.75) is 39.3 Å². The lowest BCUT2D eigenvalue weighted by Crippen LogP contribution is -2.25. The van der Waals surface area contributed by atoms with E-state index >= 15 is 0 Å². The topological polar surface area (TPSA) is 28.2 Å². The average Bonchev–Trinajstić information content (AvgIpc) is 3.11. The molecule has 0 unspecified atom stereocenters. The largest absolute Gasteiger partial charge is 0.370 e. The van der Waals surface area contributed by atoms with Crippen molar-refractivity contribution in [3.63, 3.8) is 0 Å². The second kappa shape index (κ2) is 5.30. The molecule has 0 atom stereocenters. The highest BCUT2D eigenvalue weighted by atomic mass is 15.2. The summed E-state index contributed by atoms with van der Waals surface area (Å²) in [6, 6.07) is 5.11. The number of nitrogens with zero attached hydrogens (tertiary/aromatic N) is 2. The van der Waals surface area contributed by atoms with Crippen LogP contribution in [-0.2, 0) is 6.54 Å². The van der Waals surface area contributed by atoms with Crippen LogP contribution in [0.5, 0.6) is 0 Å². The minimum absolute atomic E-state index is 0.834. The van der Waals surface area contributed by atoms with Crippen molar-refractivity contribution in [3.8, 4) is 0 Å². The summed E-state index contributed by atoms with van der Waals surface area (Å²) in [5, 5.41) is 3.25. The molecule has 0 aromatic carbocycles. The summed E-state index contributed by atoms with van der Waals surface area (Å²) in [6.45, 7) is 7.46. The average molecular weight is 219 g/mol. The summed E-state index contributed by atoms with van der Waals surface area (Å²) >= 11 is 0. The summed E-state index contributed by atoms with van der Waals surface area (Å²) in [7, 11) is 0. The van der Waals surface area contributed by atoms with Gasteiger partial charge in [-0.2, -0.15) is 0 Å². The fourth-order valence-corrected chi connectivity index (χ4v) is 2.02. The van der Waals surface area contributed by atoms with Gasteiger partial charge in [0.05, 0.1) is 0 Å². The lowest BCUT2D eigenvalue weighted by molar-refractivity contribution is 0.269. The maximum atomic E-state index is 4.29. The molecular weight excluding hydrogens is 198 g/mol. The van der Waals surface area contributed by atoms with E-state index in [2.05, 4.69) is 41.2 Å². The van der Waals surface area contributed by atoms with Crippen molar-refractivity contribution in [1.29, 1.82) is 0 Å². The molecule has 88 valence electrons. The first kappa shape index (κ1) is 11.4. The molecule has 1 N–H and O–H groups in total. The smallest absolute Gasteiger partial charge is 0.126 e. The van der Waals surface area contributed by atoms with Gasteiger partial charge in [0.15, 0.2) is 0 Å². The first-order valence-corrected chi connectivity index (χ1v) is 6.26. The first-order valence-electron chi connectivity index (χ1n) is 6.26. The van der Waals surface area contributed by atoms with Crippen molar-refractivity contribution in [3.05, 3.63) is 23.9 Å². The Balaban J connectivity index is 1.99. The number of nitrogens with one attached hydrogen (secondary N) is 1. The number of hydrogen-bond donors (Lipinski definition) is 1.